The van der Waals surface area contributed by atoms with Crippen LogP contribution in [0.1, 0.15) is 18.1 Å². The highest BCUT2D eigenvalue weighted by Gasteiger charge is 2.14. The molecule has 0 aromatic heterocycles. The zero-order valence-electron chi connectivity index (χ0n) is 18.2. The third kappa shape index (κ3) is 7.14. The van der Waals surface area contributed by atoms with E-state index < -0.39 is 17.4 Å². The Hall–Kier alpha value is -4.24. The van der Waals surface area contributed by atoms with E-state index in [-0.39, 0.29) is 23.8 Å². The van der Waals surface area contributed by atoms with Crippen molar-refractivity contribution in [3.8, 4) is 5.75 Å². The number of benzene rings is 3. The van der Waals surface area contributed by atoms with Gasteiger partial charge in [-0.2, -0.15) is 5.10 Å². The minimum Gasteiger partial charge on any atom is -0.477 e. The molecule has 3 aromatic rings. The van der Waals surface area contributed by atoms with Crippen molar-refractivity contribution in [2.75, 3.05) is 11.9 Å². The number of hydrogen-bond donors (Lipinski definition) is 2. The van der Waals surface area contributed by atoms with Crippen LogP contribution < -0.4 is 15.5 Å². The molecule has 0 radical (unpaired) electrons. The third-order valence-electron chi connectivity index (χ3n) is 4.63. The largest absolute Gasteiger partial charge is 0.477 e. The third-order valence-corrected chi connectivity index (χ3v) is 4.89. The number of halogens is 1. The lowest BCUT2D eigenvalue weighted by Gasteiger charge is -2.08. The van der Waals surface area contributed by atoms with E-state index in [0.29, 0.717) is 16.4 Å². The molecular formula is C24H21ClN4O5. The minimum atomic E-state index is -0.584. The van der Waals surface area contributed by atoms with Crippen LogP contribution in [0, 0.1) is 10.1 Å². The second kappa shape index (κ2) is 11.6. The number of nitro groups is 1. The van der Waals surface area contributed by atoms with Gasteiger partial charge in [0.25, 0.3) is 5.91 Å². The number of hydrazone groups is 1. The van der Waals surface area contributed by atoms with E-state index in [0.717, 1.165) is 11.1 Å². The van der Waals surface area contributed by atoms with E-state index in [1.54, 1.807) is 61.5 Å². The quantitative estimate of drug-likeness (QED) is 0.268. The molecule has 0 bridgehead atoms. The Kier molecular flexibility index (Phi) is 8.31. The Morgan fingerprint density at radius 2 is 1.68 bits per heavy atom. The molecule has 0 saturated carbocycles. The van der Waals surface area contributed by atoms with Gasteiger partial charge < -0.3 is 10.1 Å². The van der Waals surface area contributed by atoms with E-state index in [1.807, 2.05) is 0 Å². The standard InChI is InChI=1S/C24H21ClN4O5/c1-16(27-28-24(31)15-34-22-5-3-2-4-21(22)29(32)33)18-8-12-20(13-9-18)26-23(30)14-17-6-10-19(25)11-7-17/h2-13H,14-15H2,1H3,(H,26,30)(H,28,31). The number of nitro benzene ring substituents is 1. The van der Waals surface area contributed by atoms with Gasteiger partial charge >= 0.3 is 5.69 Å². The van der Waals surface area contributed by atoms with Gasteiger partial charge in [-0.1, -0.05) is 48.0 Å². The smallest absolute Gasteiger partial charge is 0.310 e. The topological polar surface area (TPSA) is 123 Å². The molecule has 3 aromatic carbocycles. The Morgan fingerprint density at radius 3 is 2.35 bits per heavy atom. The normalized spacial score (nSPS) is 10.9. The van der Waals surface area contributed by atoms with Crippen molar-refractivity contribution in [1.82, 2.24) is 5.43 Å². The number of amides is 2. The van der Waals surface area contributed by atoms with Crippen LogP contribution in [0.15, 0.2) is 77.9 Å². The highest BCUT2D eigenvalue weighted by molar-refractivity contribution is 6.30. The average molecular weight is 481 g/mol. The van der Waals surface area contributed by atoms with Crippen LogP contribution in [0.5, 0.6) is 5.75 Å². The van der Waals surface area contributed by atoms with E-state index in [9.17, 15) is 19.7 Å². The average Bonchev–Trinajstić information content (AvgIpc) is 2.83. The number of anilines is 1. The van der Waals surface area contributed by atoms with Gasteiger partial charge in [0.15, 0.2) is 12.4 Å². The molecule has 0 atom stereocenters. The molecule has 2 amide bonds. The van der Waals surface area contributed by atoms with Gasteiger partial charge in [0.2, 0.25) is 5.91 Å². The van der Waals surface area contributed by atoms with E-state index in [1.165, 1.54) is 18.2 Å². The summed E-state index contributed by atoms with van der Waals surface area (Å²) in [6.07, 6.45) is 0.222. The minimum absolute atomic E-state index is 0.00273. The Balaban J connectivity index is 1.50. The predicted molar refractivity (Wildman–Crippen MR) is 129 cm³/mol. The number of para-hydroxylation sites is 2. The molecule has 3 rings (SSSR count). The molecule has 10 heteroatoms. The first-order chi connectivity index (χ1) is 16.3. The van der Waals surface area contributed by atoms with Gasteiger partial charge in [-0.15, -0.1) is 0 Å². The van der Waals surface area contributed by atoms with Crippen molar-refractivity contribution in [3.05, 3.63) is 99.1 Å². The van der Waals surface area contributed by atoms with Crippen LogP contribution in [0.2, 0.25) is 5.02 Å². The first-order valence-corrected chi connectivity index (χ1v) is 10.5. The van der Waals surface area contributed by atoms with Gasteiger partial charge in [-0.05, 0) is 48.4 Å². The molecule has 0 aliphatic heterocycles. The zero-order chi connectivity index (χ0) is 24.5. The molecule has 0 unspecified atom stereocenters. The summed E-state index contributed by atoms with van der Waals surface area (Å²) in [5.74, 6) is -0.730. The SMILES string of the molecule is CC(=NNC(=O)COc1ccccc1[N+](=O)[O-])c1ccc(NC(=O)Cc2ccc(Cl)cc2)cc1. The number of carbonyl (C=O) groups excluding carboxylic acids is 2. The van der Waals surface area contributed by atoms with Gasteiger partial charge in [-0.3, -0.25) is 19.7 Å². The van der Waals surface area contributed by atoms with Crippen molar-refractivity contribution in [2.45, 2.75) is 13.3 Å². The molecule has 2 N–H and O–H groups in total. The summed E-state index contributed by atoms with van der Waals surface area (Å²) in [5, 5.41) is 18.4. The summed E-state index contributed by atoms with van der Waals surface area (Å²) >= 11 is 5.85. The van der Waals surface area contributed by atoms with Crippen LogP contribution in [0.3, 0.4) is 0 Å². The molecule has 0 aliphatic rings. The fourth-order valence-electron chi connectivity index (χ4n) is 2.90. The molecule has 0 saturated heterocycles. The van der Waals surface area contributed by atoms with E-state index in [4.69, 9.17) is 16.3 Å². The lowest BCUT2D eigenvalue weighted by Crippen LogP contribution is -2.25. The molecule has 34 heavy (non-hydrogen) atoms. The Labute approximate surface area is 200 Å². The fraction of sp³-hybridized carbons (Fsp3) is 0.125. The summed E-state index contributed by atoms with van der Waals surface area (Å²) < 4.78 is 5.23. The van der Waals surface area contributed by atoms with Gasteiger partial charge in [0.05, 0.1) is 17.1 Å². The number of nitrogens with one attached hydrogen (secondary N) is 2. The van der Waals surface area contributed by atoms with Crippen LogP contribution in [0.25, 0.3) is 0 Å². The Morgan fingerprint density at radius 1 is 1.00 bits per heavy atom. The van der Waals surface area contributed by atoms with Crippen molar-refractivity contribution in [2.24, 2.45) is 5.10 Å². The van der Waals surface area contributed by atoms with Crippen LogP contribution >= 0.6 is 11.6 Å². The maximum atomic E-state index is 12.2. The highest BCUT2D eigenvalue weighted by Crippen LogP contribution is 2.25. The van der Waals surface area contributed by atoms with Gasteiger partial charge in [-0.25, -0.2) is 5.43 Å². The molecule has 0 fully saturated rings. The second-order valence-corrected chi connectivity index (χ2v) is 7.61. The summed E-state index contributed by atoms with van der Waals surface area (Å²) in [7, 11) is 0. The predicted octanol–water partition coefficient (Wildman–Crippen LogP) is 4.35. The van der Waals surface area contributed by atoms with E-state index in [2.05, 4.69) is 15.8 Å². The van der Waals surface area contributed by atoms with Crippen molar-refractivity contribution in [1.29, 1.82) is 0 Å². The maximum absolute atomic E-state index is 12.2. The molecule has 9 nitrogen and oxygen atoms in total. The Bertz CT molecular complexity index is 1210. The number of hydrogen-bond acceptors (Lipinski definition) is 6. The first-order valence-electron chi connectivity index (χ1n) is 10.2. The number of nitrogens with zero attached hydrogens (tertiary/aromatic N) is 2. The number of rotatable bonds is 9. The molecular weight excluding hydrogens is 460 g/mol. The first kappa shape index (κ1) is 24.4. The summed E-state index contributed by atoms with van der Waals surface area (Å²) in [6.45, 7) is 1.28. The molecule has 174 valence electrons. The molecule has 0 heterocycles. The van der Waals surface area contributed by atoms with Crippen LogP contribution in [-0.4, -0.2) is 29.1 Å². The van der Waals surface area contributed by atoms with Crippen LogP contribution in [-0.2, 0) is 16.0 Å². The lowest BCUT2D eigenvalue weighted by atomic mass is 10.1. The summed E-state index contributed by atoms with van der Waals surface area (Å²) in [4.78, 5) is 34.6. The van der Waals surface area contributed by atoms with Crippen molar-refractivity contribution < 1.29 is 19.2 Å². The molecule has 0 aliphatic carbocycles. The van der Waals surface area contributed by atoms with E-state index >= 15 is 0 Å². The van der Waals surface area contributed by atoms with Crippen molar-refractivity contribution in [3.63, 3.8) is 0 Å². The summed E-state index contributed by atoms with van der Waals surface area (Å²) in [6, 6.07) is 19.8. The zero-order valence-corrected chi connectivity index (χ0v) is 18.9. The fourth-order valence-corrected chi connectivity index (χ4v) is 3.03. The van der Waals surface area contributed by atoms with Crippen LogP contribution in [0.4, 0.5) is 11.4 Å². The number of carbonyl (C=O) groups is 2. The second-order valence-electron chi connectivity index (χ2n) is 7.17. The maximum Gasteiger partial charge on any atom is 0.310 e. The monoisotopic (exact) mass is 480 g/mol. The van der Waals surface area contributed by atoms with Gasteiger partial charge in [0, 0.05) is 16.8 Å². The van der Waals surface area contributed by atoms with Gasteiger partial charge in [0.1, 0.15) is 0 Å². The lowest BCUT2D eigenvalue weighted by molar-refractivity contribution is -0.385. The van der Waals surface area contributed by atoms with Crippen molar-refractivity contribution >= 4 is 40.5 Å². The number of ether oxygens (including phenoxy) is 1. The highest BCUT2D eigenvalue weighted by atomic mass is 35.5. The molecule has 0 spiro atoms. The summed E-state index contributed by atoms with van der Waals surface area (Å²) in [5.41, 5.74) is 4.86.